The van der Waals surface area contributed by atoms with Crippen LogP contribution in [0.5, 0.6) is 46.0 Å². The number of benzene rings is 4. The molecule has 44 heavy (non-hydrogen) atoms. The van der Waals surface area contributed by atoms with Gasteiger partial charge in [-0.3, -0.25) is 0 Å². The van der Waals surface area contributed by atoms with Gasteiger partial charge in [-0.15, -0.1) is 0 Å². The Morgan fingerprint density at radius 1 is 0.318 bits per heavy atom. The summed E-state index contributed by atoms with van der Waals surface area (Å²) in [5.74, 6) is 4.92. The van der Waals surface area contributed by atoms with Gasteiger partial charge in [0.25, 0.3) is 0 Å². The van der Waals surface area contributed by atoms with Gasteiger partial charge >= 0.3 is 0 Å². The van der Waals surface area contributed by atoms with E-state index in [0.717, 1.165) is 58.8 Å². The molecule has 0 aliphatic heterocycles. The van der Waals surface area contributed by atoms with Crippen molar-refractivity contribution in [2.45, 2.75) is 0 Å². The first kappa shape index (κ1) is 33.6. The number of fused-ring (bicyclic) bond motifs is 8. The third kappa shape index (κ3) is 5.09. The molecule has 0 fully saturated rings. The van der Waals surface area contributed by atoms with Crippen LogP contribution in [0.2, 0.25) is 0 Å². The summed E-state index contributed by atoms with van der Waals surface area (Å²) >= 11 is 9.37. The standard InChI is InChI=1S/C32H28I4O8/c1-37-17-9-13-21(25(33)29(17)41-5)14-10-18(38-2)31(43-7)27(35)23(14)16-12-20(40-4)32(44-8)28(36)24(16)15-11-19(39-3)30(42-6)26(34)22(13)15/h9-12H,1-8H3. The molecule has 0 aromatic heterocycles. The van der Waals surface area contributed by atoms with E-state index in [0.29, 0.717) is 46.0 Å². The van der Waals surface area contributed by atoms with E-state index >= 15 is 0 Å². The Morgan fingerprint density at radius 2 is 0.500 bits per heavy atom. The highest BCUT2D eigenvalue weighted by atomic mass is 127. The Balaban J connectivity index is 2.20. The van der Waals surface area contributed by atoms with Crippen molar-refractivity contribution < 1.29 is 37.9 Å². The molecule has 0 N–H and O–H groups in total. The first-order chi connectivity index (χ1) is 21.2. The normalized spacial score (nSPS) is 11.2. The number of rotatable bonds is 8. The summed E-state index contributed by atoms with van der Waals surface area (Å²) in [5, 5.41) is 0. The summed E-state index contributed by atoms with van der Waals surface area (Å²) < 4.78 is 50.8. The maximum Gasteiger partial charge on any atom is 0.174 e. The minimum atomic E-state index is 0.603. The van der Waals surface area contributed by atoms with Crippen LogP contribution in [0.1, 0.15) is 0 Å². The number of methoxy groups -OCH3 is 8. The van der Waals surface area contributed by atoms with Crippen LogP contribution in [0.25, 0.3) is 44.5 Å². The molecule has 0 unspecified atom stereocenters. The number of ether oxygens (including phenoxy) is 8. The lowest BCUT2D eigenvalue weighted by Crippen LogP contribution is -2.08. The Bertz CT molecular complexity index is 1510. The van der Waals surface area contributed by atoms with Crippen LogP contribution in [0.3, 0.4) is 0 Å². The molecule has 5 rings (SSSR count). The highest BCUT2D eigenvalue weighted by molar-refractivity contribution is 14.1. The fourth-order valence-corrected chi connectivity index (χ4v) is 9.91. The van der Waals surface area contributed by atoms with Crippen LogP contribution in [0.4, 0.5) is 0 Å². The van der Waals surface area contributed by atoms with Crippen LogP contribution < -0.4 is 37.9 Å². The van der Waals surface area contributed by atoms with Crippen molar-refractivity contribution in [3.63, 3.8) is 0 Å². The zero-order valence-electron chi connectivity index (χ0n) is 25.1. The minimum Gasteiger partial charge on any atom is -0.493 e. The lowest BCUT2D eigenvalue weighted by molar-refractivity contribution is 0.352. The van der Waals surface area contributed by atoms with Gasteiger partial charge in [0.15, 0.2) is 46.0 Å². The molecular formula is C32H28I4O8. The van der Waals surface area contributed by atoms with E-state index in [1.165, 1.54) is 0 Å². The highest BCUT2D eigenvalue weighted by Crippen LogP contribution is 2.60. The molecule has 4 aromatic rings. The molecule has 0 saturated heterocycles. The summed E-state index contributed by atoms with van der Waals surface area (Å²) in [6.45, 7) is 0. The third-order valence-electron chi connectivity index (χ3n) is 7.52. The molecule has 0 spiro atoms. The van der Waals surface area contributed by atoms with E-state index in [-0.39, 0.29) is 0 Å². The van der Waals surface area contributed by atoms with Crippen LogP contribution in [0.15, 0.2) is 24.3 Å². The summed E-state index contributed by atoms with van der Waals surface area (Å²) in [5.41, 5.74) is 7.47. The van der Waals surface area contributed by atoms with Gasteiger partial charge in [-0.25, -0.2) is 0 Å². The largest absolute Gasteiger partial charge is 0.493 e. The Labute approximate surface area is 310 Å². The molecule has 0 saturated carbocycles. The molecule has 12 heteroatoms. The fourth-order valence-electron chi connectivity index (χ4n) is 5.64. The molecule has 0 radical (unpaired) electrons. The summed E-state index contributed by atoms with van der Waals surface area (Å²) in [6.07, 6.45) is 0. The van der Waals surface area contributed by atoms with Gasteiger partial charge in [0.05, 0.1) is 71.2 Å². The average Bonchev–Trinajstić information content (AvgIpc) is 3.02. The second-order valence-electron chi connectivity index (χ2n) is 9.39. The van der Waals surface area contributed by atoms with Crippen molar-refractivity contribution in [1.82, 2.24) is 0 Å². The maximum atomic E-state index is 5.93. The van der Waals surface area contributed by atoms with Crippen LogP contribution in [-0.2, 0) is 0 Å². The third-order valence-corrected chi connectivity index (χ3v) is 11.6. The van der Waals surface area contributed by atoms with Gasteiger partial charge in [-0.05, 0) is 137 Å². The Hall–Kier alpha value is -1.80. The molecule has 0 amide bonds. The zero-order chi connectivity index (χ0) is 32.0. The summed E-state index contributed by atoms with van der Waals surface area (Å²) in [7, 11) is 13.2. The van der Waals surface area contributed by atoms with Crippen molar-refractivity contribution in [2.75, 3.05) is 56.9 Å². The molecular weight excluding hydrogens is 1020 g/mol. The topological polar surface area (TPSA) is 73.8 Å². The van der Waals surface area contributed by atoms with Gasteiger partial charge in [-0.2, -0.15) is 0 Å². The Kier molecular flexibility index (Phi) is 10.3. The molecule has 1 aliphatic carbocycles. The molecule has 232 valence electrons. The zero-order valence-corrected chi connectivity index (χ0v) is 33.7. The highest BCUT2D eigenvalue weighted by Gasteiger charge is 2.35. The SMILES string of the molecule is COc1cc2c(c(I)c1OC)-c1cc(OC)c(OC)c(I)c1-c1cc(OC)c(OC)c(I)c1-c1cc(OC)c(OC)c(I)c1-2. The molecule has 0 bridgehead atoms. The number of halogens is 4. The van der Waals surface area contributed by atoms with Crippen LogP contribution >= 0.6 is 90.4 Å². The van der Waals surface area contributed by atoms with Gasteiger partial charge in [-0.1, -0.05) is 0 Å². The fraction of sp³-hybridized carbons (Fsp3) is 0.250. The van der Waals surface area contributed by atoms with Crippen LogP contribution in [0, 0.1) is 14.3 Å². The van der Waals surface area contributed by atoms with Crippen molar-refractivity contribution in [3.05, 3.63) is 38.5 Å². The Morgan fingerprint density at radius 3 is 0.636 bits per heavy atom. The van der Waals surface area contributed by atoms with E-state index in [9.17, 15) is 0 Å². The quantitative estimate of drug-likeness (QED) is 0.143. The summed E-state index contributed by atoms with van der Waals surface area (Å²) in [6, 6.07) is 8.09. The average molecular weight is 1050 g/mol. The second kappa shape index (κ2) is 13.5. The minimum absolute atomic E-state index is 0.603. The molecule has 0 heterocycles. The van der Waals surface area contributed by atoms with E-state index in [1.807, 2.05) is 24.3 Å². The van der Waals surface area contributed by atoms with E-state index in [2.05, 4.69) is 90.4 Å². The smallest absolute Gasteiger partial charge is 0.174 e. The molecule has 8 nitrogen and oxygen atoms in total. The molecule has 0 atom stereocenters. The first-order valence-electron chi connectivity index (χ1n) is 13.0. The predicted octanol–water partition coefficient (Wildman–Crippen LogP) is 9.16. The van der Waals surface area contributed by atoms with Crippen molar-refractivity contribution in [1.29, 1.82) is 0 Å². The lowest BCUT2D eigenvalue weighted by atomic mass is 9.80. The van der Waals surface area contributed by atoms with Gasteiger partial charge in [0, 0.05) is 22.3 Å². The van der Waals surface area contributed by atoms with Gasteiger partial charge in [0.2, 0.25) is 0 Å². The second-order valence-corrected chi connectivity index (χ2v) is 13.7. The lowest BCUT2D eigenvalue weighted by Gasteiger charge is -2.30. The van der Waals surface area contributed by atoms with E-state index in [1.54, 1.807) is 56.9 Å². The monoisotopic (exact) mass is 1050 g/mol. The maximum absolute atomic E-state index is 5.93. The van der Waals surface area contributed by atoms with Crippen LogP contribution in [-0.4, -0.2) is 56.9 Å². The van der Waals surface area contributed by atoms with Gasteiger partial charge in [0.1, 0.15) is 0 Å². The first-order valence-corrected chi connectivity index (χ1v) is 17.3. The van der Waals surface area contributed by atoms with Gasteiger partial charge < -0.3 is 37.9 Å². The van der Waals surface area contributed by atoms with E-state index in [4.69, 9.17) is 37.9 Å². The number of hydrogen-bond donors (Lipinski definition) is 0. The van der Waals surface area contributed by atoms with Crippen molar-refractivity contribution >= 4 is 90.4 Å². The molecule has 1 aliphatic rings. The number of hydrogen-bond acceptors (Lipinski definition) is 8. The van der Waals surface area contributed by atoms with Crippen molar-refractivity contribution in [2.24, 2.45) is 0 Å². The van der Waals surface area contributed by atoms with E-state index < -0.39 is 0 Å². The summed E-state index contributed by atoms with van der Waals surface area (Å²) in [4.78, 5) is 0. The molecule has 4 aromatic carbocycles. The predicted molar refractivity (Wildman–Crippen MR) is 205 cm³/mol. The van der Waals surface area contributed by atoms with Crippen molar-refractivity contribution in [3.8, 4) is 90.5 Å².